The molecule has 0 aliphatic heterocycles. The average molecular weight is 445 g/mol. The molecule has 1 amide bonds. The summed E-state index contributed by atoms with van der Waals surface area (Å²) in [6.45, 7) is 0. The van der Waals surface area contributed by atoms with E-state index in [9.17, 15) is 9.90 Å². The highest BCUT2D eigenvalue weighted by Crippen LogP contribution is 2.25. The minimum absolute atomic E-state index is 0.212. The van der Waals surface area contributed by atoms with Crippen LogP contribution in [0.5, 0.6) is 0 Å². The molecule has 5 rings (SSSR count). The number of aliphatic hydroxyl groups excluding tert-OH is 1. The smallest absolute Gasteiger partial charge is 0.270 e. The molecule has 0 radical (unpaired) electrons. The second kappa shape index (κ2) is 9.14. The van der Waals surface area contributed by atoms with Gasteiger partial charge in [0.15, 0.2) is 0 Å². The molecule has 0 spiro atoms. The van der Waals surface area contributed by atoms with Crippen molar-refractivity contribution in [2.24, 2.45) is 0 Å². The van der Waals surface area contributed by atoms with Crippen molar-refractivity contribution in [1.82, 2.24) is 20.3 Å². The Labute approximate surface area is 190 Å². The van der Waals surface area contributed by atoms with Gasteiger partial charge in [-0.15, -0.1) is 11.3 Å². The van der Waals surface area contributed by atoms with E-state index in [-0.39, 0.29) is 11.9 Å². The molecule has 7 heteroatoms. The lowest BCUT2D eigenvalue weighted by Crippen LogP contribution is -2.45. The lowest BCUT2D eigenvalue weighted by atomic mass is 9.92. The number of amides is 1. The Morgan fingerprint density at radius 3 is 2.78 bits per heavy atom. The normalized spacial score (nSPS) is 18.5. The number of aromatic nitrogens is 3. The third-order valence-electron chi connectivity index (χ3n) is 5.98. The Balaban J connectivity index is 1.42. The molecular weight excluding hydrogens is 420 g/mol. The molecule has 3 heterocycles. The largest absolute Gasteiger partial charge is 0.391 e. The molecule has 32 heavy (non-hydrogen) atoms. The highest BCUT2D eigenvalue weighted by molar-refractivity contribution is 7.13. The van der Waals surface area contributed by atoms with E-state index in [2.05, 4.69) is 26.3 Å². The van der Waals surface area contributed by atoms with Crippen molar-refractivity contribution in [3.05, 3.63) is 77.2 Å². The first-order valence-corrected chi connectivity index (χ1v) is 11.8. The quantitative estimate of drug-likeness (QED) is 0.477. The SMILES string of the molecule is O=C(N[C@H]1CCCC[C@@H]1O)c1cc(Cc2ccc(-c3cncs3)nc2)c2ccccc2n1. The van der Waals surface area contributed by atoms with Gasteiger partial charge in [-0.05, 0) is 48.6 Å². The van der Waals surface area contributed by atoms with Crippen LogP contribution in [0.4, 0.5) is 0 Å². The van der Waals surface area contributed by atoms with Crippen LogP contribution >= 0.6 is 11.3 Å². The van der Waals surface area contributed by atoms with Gasteiger partial charge in [-0.1, -0.05) is 37.1 Å². The topological polar surface area (TPSA) is 88.0 Å². The molecule has 0 saturated heterocycles. The molecule has 162 valence electrons. The zero-order valence-electron chi connectivity index (χ0n) is 17.6. The maximum absolute atomic E-state index is 13.0. The van der Waals surface area contributed by atoms with Gasteiger partial charge >= 0.3 is 0 Å². The number of hydrogen-bond acceptors (Lipinski definition) is 6. The molecule has 1 aliphatic carbocycles. The maximum atomic E-state index is 13.0. The first-order chi connectivity index (χ1) is 15.7. The average Bonchev–Trinajstić information content (AvgIpc) is 3.36. The van der Waals surface area contributed by atoms with Gasteiger partial charge in [0.25, 0.3) is 5.91 Å². The van der Waals surface area contributed by atoms with Gasteiger partial charge in [-0.25, -0.2) is 4.98 Å². The Bertz CT molecular complexity index is 1220. The molecule has 2 N–H and O–H groups in total. The highest BCUT2D eigenvalue weighted by Gasteiger charge is 2.25. The zero-order valence-corrected chi connectivity index (χ0v) is 18.4. The van der Waals surface area contributed by atoms with Gasteiger partial charge in [0.2, 0.25) is 0 Å². The lowest BCUT2D eigenvalue weighted by molar-refractivity contribution is 0.0714. The van der Waals surface area contributed by atoms with Crippen molar-refractivity contribution in [3.63, 3.8) is 0 Å². The van der Waals surface area contributed by atoms with Crippen molar-refractivity contribution in [1.29, 1.82) is 0 Å². The van der Waals surface area contributed by atoms with Crippen LogP contribution in [0.25, 0.3) is 21.5 Å². The van der Waals surface area contributed by atoms with Gasteiger partial charge in [0, 0.05) is 17.8 Å². The van der Waals surface area contributed by atoms with Gasteiger partial charge in [0.1, 0.15) is 5.69 Å². The molecular formula is C25H24N4O2S. The van der Waals surface area contributed by atoms with Gasteiger partial charge in [-0.2, -0.15) is 0 Å². The van der Waals surface area contributed by atoms with Crippen molar-refractivity contribution in [3.8, 4) is 10.6 Å². The number of thiazole rings is 1. The third kappa shape index (κ3) is 4.40. The molecule has 3 aromatic heterocycles. The summed E-state index contributed by atoms with van der Waals surface area (Å²) in [5.41, 5.74) is 5.95. The predicted octanol–water partition coefficient (Wildman–Crippen LogP) is 4.38. The number of carbonyl (C=O) groups is 1. The Morgan fingerprint density at radius 1 is 1.12 bits per heavy atom. The van der Waals surface area contributed by atoms with E-state index in [1.807, 2.05) is 48.8 Å². The van der Waals surface area contributed by atoms with E-state index >= 15 is 0 Å². The van der Waals surface area contributed by atoms with E-state index in [1.54, 1.807) is 16.8 Å². The van der Waals surface area contributed by atoms with Crippen molar-refractivity contribution >= 4 is 28.1 Å². The number of hydrogen-bond donors (Lipinski definition) is 2. The van der Waals surface area contributed by atoms with E-state index in [0.29, 0.717) is 12.1 Å². The number of carbonyl (C=O) groups excluding carboxylic acids is 1. The Kier molecular flexibility index (Phi) is 5.92. The number of aliphatic hydroxyl groups is 1. The van der Waals surface area contributed by atoms with E-state index < -0.39 is 6.10 Å². The monoisotopic (exact) mass is 444 g/mol. The summed E-state index contributed by atoms with van der Waals surface area (Å²) in [7, 11) is 0. The van der Waals surface area contributed by atoms with E-state index in [4.69, 9.17) is 0 Å². The summed E-state index contributed by atoms with van der Waals surface area (Å²) in [5.74, 6) is -0.235. The van der Waals surface area contributed by atoms with Gasteiger partial charge < -0.3 is 10.4 Å². The predicted molar refractivity (Wildman–Crippen MR) is 126 cm³/mol. The van der Waals surface area contributed by atoms with Crippen LogP contribution in [-0.4, -0.2) is 38.1 Å². The number of para-hydroxylation sites is 1. The molecule has 1 aromatic carbocycles. The maximum Gasteiger partial charge on any atom is 0.270 e. The highest BCUT2D eigenvalue weighted by atomic mass is 32.1. The number of rotatable bonds is 5. The molecule has 2 atom stereocenters. The van der Waals surface area contributed by atoms with Crippen molar-refractivity contribution in [2.75, 3.05) is 0 Å². The second-order valence-corrected chi connectivity index (χ2v) is 9.10. The summed E-state index contributed by atoms with van der Waals surface area (Å²) < 4.78 is 0. The molecule has 1 saturated carbocycles. The molecule has 4 aromatic rings. The van der Waals surface area contributed by atoms with Crippen LogP contribution in [0.15, 0.2) is 60.4 Å². The Hall–Kier alpha value is -3.16. The fourth-order valence-electron chi connectivity index (χ4n) is 4.27. The van der Waals surface area contributed by atoms with Crippen LogP contribution in [0.1, 0.15) is 47.3 Å². The summed E-state index contributed by atoms with van der Waals surface area (Å²) in [5, 5.41) is 14.2. The number of fused-ring (bicyclic) bond motifs is 1. The summed E-state index contributed by atoms with van der Waals surface area (Å²) in [6.07, 6.45) is 7.39. The summed E-state index contributed by atoms with van der Waals surface area (Å²) in [4.78, 5) is 27.3. The number of nitrogens with one attached hydrogen (secondary N) is 1. The minimum Gasteiger partial charge on any atom is -0.391 e. The zero-order chi connectivity index (χ0) is 21.9. The second-order valence-electron chi connectivity index (χ2n) is 8.21. The van der Waals surface area contributed by atoms with E-state index in [1.165, 1.54) is 0 Å². The number of pyridine rings is 2. The van der Waals surface area contributed by atoms with Gasteiger partial charge in [0.05, 0.1) is 33.7 Å². The first kappa shape index (κ1) is 20.7. The third-order valence-corrected chi connectivity index (χ3v) is 6.78. The van der Waals surface area contributed by atoms with Crippen LogP contribution in [0.2, 0.25) is 0 Å². The molecule has 0 bridgehead atoms. The van der Waals surface area contributed by atoms with Crippen molar-refractivity contribution < 1.29 is 9.90 Å². The van der Waals surface area contributed by atoms with Crippen LogP contribution < -0.4 is 5.32 Å². The fourth-order valence-corrected chi connectivity index (χ4v) is 4.87. The molecule has 1 fully saturated rings. The van der Waals surface area contributed by atoms with Crippen molar-refractivity contribution in [2.45, 2.75) is 44.2 Å². The summed E-state index contributed by atoms with van der Waals surface area (Å²) in [6, 6.07) is 13.6. The molecule has 6 nitrogen and oxygen atoms in total. The van der Waals surface area contributed by atoms with Gasteiger partial charge in [-0.3, -0.25) is 14.8 Å². The molecule has 1 aliphatic rings. The number of benzene rings is 1. The molecule has 0 unspecified atom stereocenters. The van der Waals surface area contributed by atoms with E-state index in [0.717, 1.165) is 58.3 Å². The Morgan fingerprint density at radius 2 is 2.00 bits per heavy atom. The summed E-state index contributed by atoms with van der Waals surface area (Å²) >= 11 is 1.56. The fraction of sp³-hybridized carbons (Fsp3) is 0.280. The minimum atomic E-state index is -0.490. The van der Waals surface area contributed by atoms with Crippen LogP contribution in [-0.2, 0) is 6.42 Å². The van der Waals surface area contributed by atoms with Crippen LogP contribution in [0, 0.1) is 0 Å². The lowest BCUT2D eigenvalue weighted by Gasteiger charge is -2.28. The van der Waals surface area contributed by atoms with Crippen LogP contribution in [0.3, 0.4) is 0 Å². The number of nitrogens with zero attached hydrogens (tertiary/aromatic N) is 3. The first-order valence-electron chi connectivity index (χ1n) is 10.9. The standard InChI is InChI=1S/C25H24N4O2S/c30-23-8-4-3-7-20(23)29-25(31)22-12-17(18-5-1-2-6-19(18)28-22)11-16-9-10-21(27-13-16)24-14-26-15-32-24/h1-2,5-6,9-10,12-15,20,23,30H,3-4,7-8,11H2,(H,29,31)/t20-,23-/m0/s1.